The fourth-order valence-electron chi connectivity index (χ4n) is 3.98. The van der Waals surface area contributed by atoms with Crippen LogP contribution < -0.4 is 9.47 Å². The summed E-state index contributed by atoms with van der Waals surface area (Å²) >= 11 is 0. The van der Waals surface area contributed by atoms with Crippen molar-refractivity contribution >= 4 is 16.9 Å². The van der Waals surface area contributed by atoms with Crippen LogP contribution in [0, 0.1) is 0 Å². The smallest absolute Gasteiger partial charge is 0.396 e. The molecule has 1 aromatic carbocycles. The lowest BCUT2D eigenvalue weighted by atomic mass is 9.97. The Balaban J connectivity index is 1.72. The minimum absolute atomic E-state index is 0.158. The zero-order valence-corrected chi connectivity index (χ0v) is 15.5. The molecule has 0 spiro atoms. The largest absolute Gasteiger partial charge is 0.462 e. The van der Waals surface area contributed by atoms with Crippen molar-refractivity contribution in [3.63, 3.8) is 0 Å². The molecule has 0 bridgehead atoms. The fourth-order valence-corrected chi connectivity index (χ4v) is 3.98. The predicted octanol–water partition coefficient (Wildman–Crippen LogP) is 3.47. The molecule has 1 aliphatic heterocycles. The summed E-state index contributed by atoms with van der Waals surface area (Å²) in [5.41, 5.74) is 2.38. The highest BCUT2D eigenvalue weighted by atomic mass is 16.4. The van der Waals surface area contributed by atoms with Gasteiger partial charge in [-0.3, -0.25) is 0 Å². The lowest BCUT2D eigenvalue weighted by molar-refractivity contribution is -0.660. The van der Waals surface area contributed by atoms with Crippen LogP contribution >= 0.6 is 0 Å². The molecule has 0 amide bonds. The quantitative estimate of drug-likeness (QED) is 0.685. The summed E-state index contributed by atoms with van der Waals surface area (Å²) in [4.78, 5) is 4.54. The molecule has 0 unspecified atom stereocenters. The van der Waals surface area contributed by atoms with Crippen LogP contribution in [-0.4, -0.2) is 15.6 Å². The van der Waals surface area contributed by atoms with E-state index in [1.165, 1.54) is 16.6 Å². The number of para-hydroxylation sites is 1. The number of nitrogens with zero attached hydrogens (tertiary/aromatic N) is 4. The Kier molecular flexibility index (Phi) is 3.42. The molecule has 0 fully saturated rings. The second kappa shape index (κ2) is 5.41. The molecule has 1 atom stereocenters. The molecule has 4 rings (SSSR count). The average molecular weight is 337 g/mol. The van der Waals surface area contributed by atoms with Crippen molar-refractivity contribution in [2.45, 2.75) is 32.5 Å². The maximum absolute atomic E-state index is 5.66. The predicted molar refractivity (Wildman–Crippen MR) is 98.7 cm³/mol. The highest BCUT2D eigenvalue weighted by Gasteiger charge is 2.42. The SMILES string of the molecule is C[C@@H]1N(c2occ[n+]2C)C=CN1C(C)(C)c1cc2ccccc2n1C. The van der Waals surface area contributed by atoms with E-state index >= 15 is 0 Å². The van der Waals surface area contributed by atoms with Gasteiger partial charge in [-0.15, -0.1) is 0 Å². The van der Waals surface area contributed by atoms with Crippen LogP contribution in [-0.2, 0) is 19.6 Å². The molecule has 5 heteroatoms. The third-order valence-electron chi connectivity index (χ3n) is 5.40. The zero-order chi connectivity index (χ0) is 17.8. The van der Waals surface area contributed by atoms with Gasteiger partial charge in [-0.1, -0.05) is 18.2 Å². The van der Waals surface area contributed by atoms with Crippen LogP contribution in [0.2, 0.25) is 0 Å². The molecule has 2 aromatic heterocycles. The second-order valence-electron chi connectivity index (χ2n) is 7.25. The van der Waals surface area contributed by atoms with Crippen molar-refractivity contribution in [3.05, 3.63) is 60.9 Å². The number of anilines is 1. The Bertz CT molecular complexity index is 950. The summed E-state index contributed by atoms with van der Waals surface area (Å²) in [5, 5.41) is 1.28. The van der Waals surface area contributed by atoms with Gasteiger partial charge in [0.25, 0.3) is 0 Å². The minimum atomic E-state index is -0.163. The number of hydrogen-bond donors (Lipinski definition) is 0. The lowest BCUT2D eigenvalue weighted by Crippen LogP contribution is -2.48. The molecule has 0 saturated heterocycles. The summed E-state index contributed by atoms with van der Waals surface area (Å²) < 4.78 is 9.95. The number of rotatable bonds is 3. The molecule has 3 aromatic rings. The highest BCUT2D eigenvalue weighted by Crippen LogP contribution is 2.37. The van der Waals surface area contributed by atoms with Gasteiger partial charge < -0.3 is 13.9 Å². The molecular formula is C20H25N4O+. The molecule has 0 radical (unpaired) electrons. The third kappa shape index (κ3) is 2.26. The number of oxazole rings is 1. The van der Waals surface area contributed by atoms with Crippen LogP contribution in [0.3, 0.4) is 0 Å². The molecule has 0 aliphatic carbocycles. The molecule has 1 aliphatic rings. The molecule has 3 heterocycles. The molecule has 5 nitrogen and oxygen atoms in total. The monoisotopic (exact) mass is 337 g/mol. The van der Waals surface area contributed by atoms with Gasteiger partial charge in [0, 0.05) is 24.5 Å². The Labute approximate surface area is 148 Å². The van der Waals surface area contributed by atoms with E-state index in [9.17, 15) is 0 Å². The summed E-state index contributed by atoms with van der Waals surface area (Å²) in [7, 11) is 4.14. The van der Waals surface area contributed by atoms with E-state index in [2.05, 4.69) is 84.9 Å². The standard InChI is InChI=1S/C20H25N4O/c1-15-23(19-21(4)12-13-25-19)10-11-24(15)20(2,3)18-14-16-8-6-7-9-17(16)22(18)5/h6-15H,1-5H3/q+1/t15-/m1/s1. The normalized spacial score (nSPS) is 17.9. The van der Waals surface area contributed by atoms with E-state index in [1.54, 1.807) is 6.26 Å². The first-order chi connectivity index (χ1) is 11.9. The summed E-state index contributed by atoms with van der Waals surface area (Å²) in [6.45, 7) is 6.74. The minimum Gasteiger partial charge on any atom is -0.396 e. The van der Waals surface area contributed by atoms with Crippen molar-refractivity contribution in [1.82, 2.24) is 9.47 Å². The first kappa shape index (κ1) is 15.8. The van der Waals surface area contributed by atoms with Gasteiger partial charge in [-0.05, 0) is 38.3 Å². The van der Waals surface area contributed by atoms with E-state index in [-0.39, 0.29) is 11.7 Å². The van der Waals surface area contributed by atoms with Crippen LogP contribution in [0.1, 0.15) is 26.5 Å². The van der Waals surface area contributed by atoms with Crippen LogP contribution in [0.25, 0.3) is 10.9 Å². The number of hydrogen-bond acceptors (Lipinski definition) is 3. The number of fused-ring (bicyclic) bond motifs is 1. The Morgan fingerprint density at radius 3 is 2.60 bits per heavy atom. The summed E-state index contributed by atoms with van der Waals surface area (Å²) in [5.74, 6) is 0. The molecule has 130 valence electrons. The van der Waals surface area contributed by atoms with Crippen LogP contribution in [0.5, 0.6) is 0 Å². The first-order valence-electron chi connectivity index (χ1n) is 8.64. The van der Waals surface area contributed by atoms with E-state index in [0.717, 1.165) is 6.01 Å². The lowest BCUT2D eigenvalue weighted by Gasteiger charge is -2.38. The van der Waals surface area contributed by atoms with Crippen molar-refractivity contribution in [2.75, 3.05) is 4.90 Å². The van der Waals surface area contributed by atoms with Crippen molar-refractivity contribution in [2.24, 2.45) is 14.1 Å². The van der Waals surface area contributed by atoms with Gasteiger partial charge >= 0.3 is 6.01 Å². The number of aromatic nitrogens is 2. The first-order valence-corrected chi connectivity index (χ1v) is 8.64. The Morgan fingerprint density at radius 1 is 1.16 bits per heavy atom. The zero-order valence-electron chi connectivity index (χ0n) is 15.5. The topological polar surface area (TPSA) is 28.4 Å². The summed E-state index contributed by atoms with van der Waals surface area (Å²) in [6, 6.07) is 11.7. The van der Waals surface area contributed by atoms with E-state index < -0.39 is 0 Å². The van der Waals surface area contributed by atoms with Gasteiger partial charge in [0.15, 0.2) is 6.17 Å². The molecule has 0 saturated carbocycles. The van der Waals surface area contributed by atoms with Gasteiger partial charge in [-0.2, -0.15) is 4.90 Å². The van der Waals surface area contributed by atoms with Gasteiger partial charge in [-0.25, -0.2) is 4.57 Å². The maximum Gasteiger partial charge on any atom is 0.462 e. The van der Waals surface area contributed by atoms with Crippen LogP contribution in [0.15, 0.2) is 59.6 Å². The Hall–Kier alpha value is -2.69. The molecule has 0 N–H and O–H groups in total. The number of benzene rings is 1. The average Bonchev–Trinajstić information content (AvgIpc) is 3.26. The Morgan fingerprint density at radius 2 is 1.92 bits per heavy atom. The van der Waals surface area contributed by atoms with E-state index in [1.807, 2.05) is 17.8 Å². The summed E-state index contributed by atoms with van der Waals surface area (Å²) in [6.07, 6.45) is 8.05. The van der Waals surface area contributed by atoms with Gasteiger partial charge in [0.1, 0.15) is 18.7 Å². The molecular weight excluding hydrogens is 312 g/mol. The molecule has 25 heavy (non-hydrogen) atoms. The van der Waals surface area contributed by atoms with Gasteiger partial charge in [0.2, 0.25) is 0 Å². The van der Waals surface area contributed by atoms with Crippen LogP contribution in [0.4, 0.5) is 6.01 Å². The van der Waals surface area contributed by atoms with Crippen molar-refractivity contribution < 1.29 is 8.98 Å². The van der Waals surface area contributed by atoms with E-state index in [0.29, 0.717) is 0 Å². The highest BCUT2D eigenvalue weighted by molar-refractivity contribution is 5.81. The van der Waals surface area contributed by atoms with Crippen molar-refractivity contribution in [3.8, 4) is 0 Å². The van der Waals surface area contributed by atoms with E-state index in [4.69, 9.17) is 4.42 Å². The number of aryl methyl sites for hydroxylation is 2. The second-order valence-corrected chi connectivity index (χ2v) is 7.25. The fraction of sp³-hybridized carbons (Fsp3) is 0.350. The van der Waals surface area contributed by atoms with Gasteiger partial charge in [0.05, 0.1) is 12.6 Å². The third-order valence-corrected chi connectivity index (χ3v) is 5.40. The maximum atomic E-state index is 5.66. The van der Waals surface area contributed by atoms with Crippen molar-refractivity contribution in [1.29, 1.82) is 0 Å².